The summed E-state index contributed by atoms with van der Waals surface area (Å²) in [5.41, 5.74) is 3.04. The smallest absolute Gasteiger partial charge is 0.266 e. The molecule has 3 aliphatic rings. The fourth-order valence-electron chi connectivity index (χ4n) is 6.42. The zero-order chi connectivity index (χ0) is 30.7. The minimum absolute atomic E-state index is 0.00180. The van der Waals surface area contributed by atoms with Gasteiger partial charge in [0.25, 0.3) is 5.91 Å². The fourth-order valence-corrected chi connectivity index (χ4v) is 6.42. The highest BCUT2D eigenvalue weighted by Gasteiger charge is 2.38. The molecule has 2 amide bonds. The molecule has 3 heterocycles. The lowest BCUT2D eigenvalue weighted by molar-refractivity contribution is -0.146. The summed E-state index contributed by atoms with van der Waals surface area (Å²) in [5.74, 6) is 1.59. The van der Waals surface area contributed by atoms with Crippen LogP contribution in [-0.2, 0) is 16.1 Å². The molecular weight excluding hydrogens is 556 g/mol. The van der Waals surface area contributed by atoms with E-state index in [9.17, 15) is 9.59 Å². The largest absolute Gasteiger partial charge is 0.496 e. The molecule has 2 N–H and O–H groups in total. The van der Waals surface area contributed by atoms with Crippen molar-refractivity contribution in [3.8, 4) is 22.6 Å². The van der Waals surface area contributed by atoms with Gasteiger partial charge >= 0.3 is 0 Å². The number of aromatic amines is 1. The number of ether oxygens (including phenoxy) is 2. The van der Waals surface area contributed by atoms with Crippen molar-refractivity contribution in [1.82, 2.24) is 25.3 Å². The number of benzene rings is 2. The Balaban J connectivity index is 1.12. The van der Waals surface area contributed by atoms with Crippen LogP contribution in [0.4, 0.5) is 5.69 Å². The van der Waals surface area contributed by atoms with Crippen LogP contribution in [0.2, 0.25) is 0 Å². The highest BCUT2D eigenvalue weighted by Crippen LogP contribution is 2.35. The third-order valence-corrected chi connectivity index (χ3v) is 8.94. The van der Waals surface area contributed by atoms with Crippen LogP contribution < -0.4 is 19.7 Å². The van der Waals surface area contributed by atoms with E-state index in [1.54, 1.807) is 13.3 Å². The summed E-state index contributed by atoms with van der Waals surface area (Å²) in [6.45, 7) is 8.78. The van der Waals surface area contributed by atoms with Crippen molar-refractivity contribution in [2.45, 2.75) is 57.7 Å². The summed E-state index contributed by atoms with van der Waals surface area (Å²) < 4.78 is 12.0. The lowest BCUT2D eigenvalue weighted by atomic mass is 9.95. The Morgan fingerprint density at radius 2 is 1.89 bits per heavy atom. The average Bonchev–Trinajstić information content (AvgIpc) is 3.75. The quantitative estimate of drug-likeness (QED) is 0.362. The maximum absolute atomic E-state index is 14.0. The topological polar surface area (TPSA) is 103 Å². The molecule has 2 aromatic carbocycles. The van der Waals surface area contributed by atoms with Gasteiger partial charge in [0.1, 0.15) is 11.5 Å². The maximum Gasteiger partial charge on any atom is 0.266 e. The number of H-pyrrole nitrogens is 1. The van der Waals surface area contributed by atoms with Crippen molar-refractivity contribution in [3.05, 3.63) is 60.4 Å². The minimum atomic E-state index is -0.972. The third kappa shape index (κ3) is 6.70. The monoisotopic (exact) mass is 600 g/mol. The van der Waals surface area contributed by atoms with Crippen molar-refractivity contribution in [2.75, 3.05) is 51.3 Å². The highest BCUT2D eigenvalue weighted by molar-refractivity contribution is 5.85. The van der Waals surface area contributed by atoms with E-state index in [0.717, 1.165) is 73.4 Å². The van der Waals surface area contributed by atoms with Crippen LogP contribution in [0.5, 0.6) is 11.5 Å². The number of hydrogen-bond acceptors (Lipinski definition) is 7. The van der Waals surface area contributed by atoms with E-state index >= 15 is 0 Å². The number of nitrogens with one attached hydrogen (secondary N) is 2. The molecule has 10 nitrogen and oxygen atoms in total. The van der Waals surface area contributed by atoms with E-state index in [1.165, 1.54) is 0 Å². The first-order chi connectivity index (χ1) is 21.3. The number of carbonyl (C=O) groups is 2. The van der Waals surface area contributed by atoms with E-state index < -0.39 is 5.60 Å². The van der Waals surface area contributed by atoms with Crippen molar-refractivity contribution >= 4 is 17.5 Å². The van der Waals surface area contributed by atoms with Gasteiger partial charge in [-0.05, 0) is 63.3 Å². The predicted molar refractivity (Wildman–Crippen MR) is 170 cm³/mol. The van der Waals surface area contributed by atoms with Gasteiger partial charge in [-0.25, -0.2) is 0 Å². The molecule has 0 bridgehead atoms. The van der Waals surface area contributed by atoms with Gasteiger partial charge in [-0.15, -0.1) is 0 Å². The van der Waals surface area contributed by atoms with Gasteiger partial charge < -0.3 is 29.5 Å². The summed E-state index contributed by atoms with van der Waals surface area (Å²) in [6.07, 6.45) is 7.55. The molecular formula is C34H44N6O4. The van der Waals surface area contributed by atoms with Gasteiger partial charge in [-0.1, -0.05) is 18.2 Å². The van der Waals surface area contributed by atoms with Crippen molar-refractivity contribution in [1.29, 1.82) is 0 Å². The zero-order valence-corrected chi connectivity index (χ0v) is 26.1. The molecule has 234 valence electrons. The number of carbonyl (C=O) groups excluding carboxylic acids is 2. The number of nitrogens with zero attached hydrogens (tertiary/aromatic N) is 4. The Kier molecular flexibility index (Phi) is 8.79. The lowest BCUT2D eigenvalue weighted by Gasteiger charge is -2.37. The number of piperidine rings is 1. The van der Waals surface area contributed by atoms with Gasteiger partial charge in [0.15, 0.2) is 5.60 Å². The van der Waals surface area contributed by atoms with Crippen molar-refractivity contribution in [2.24, 2.45) is 5.92 Å². The summed E-state index contributed by atoms with van der Waals surface area (Å²) in [4.78, 5) is 33.5. The molecule has 0 spiro atoms. The Labute approximate surface area is 259 Å². The van der Waals surface area contributed by atoms with Crippen molar-refractivity contribution in [3.63, 3.8) is 0 Å². The van der Waals surface area contributed by atoms with Gasteiger partial charge in [0, 0.05) is 80.9 Å². The fraction of sp³-hybridized carbons (Fsp3) is 0.500. The van der Waals surface area contributed by atoms with Crippen LogP contribution >= 0.6 is 0 Å². The molecule has 1 atom stereocenters. The average molecular weight is 601 g/mol. The second kappa shape index (κ2) is 12.9. The summed E-state index contributed by atoms with van der Waals surface area (Å²) in [6, 6.07) is 14.4. The first-order valence-electron chi connectivity index (χ1n) is 15.8. The van der Waals surface area contributed by atoms with Crippen LogP contribution in [0.15, 0.2) is 54.9 Å². The predicted octanol–water partition coefficient (Wildman–Crippen LogP) is 4.08. The molecule has 1 saturated carbocycles. The molecule has 0 unspecified atom stereocenters. The van der Waals surface area contributed by atoms with Crippen LogP contribution in [0.3, 0.4) is 0 Å². The number of methoxy groups -OCH3 is 1. The van der Waals surface area contributed by atoms with Crippen LogP contribution in [0, 0.1) is 5.92 Å². The van der Waals surface area contributed by atoms with E-state index in [4.69, 9.17) is 9.47 Å². The van der Waals surface area contributed by atoms with E-state index in [1.807, 2.05) is 55.3 Å². The van der Waals surface area contributed by atoms with Crippen LogP contribution in [-0.4, -0.2) is 89.8 Å². The van der Waals surface area contributed by atoms with Gasteiger partial charge in [-0.2, -0.15) is 5.10 Å². The van der Waals surface area contributed by atoms with Gasteiger partial charge in [-0.3, -0.25) is 14.7 Å². The molecule has 6 rings (SSSR count). The maximum atomic E-state index is 14.0. The van der Waals surface area contributed by atoms with Crippen LogP contribution in [0.25, 0.3) is 11.1 Å². The lowest BCUT2D eigenvalue weighted by Crippen LogP contribution is -2.54. The summed E-state index contributed by atoms with van der Waals surface area (Å²) in [5, 5.41) is 10.2. The van der Waals surface area contributed by atoms with Gasteiger partial charge in [0.2, 0.25) is 5.91 Å². The number of anilines is 1. The molecule has 2 saturated heterocycles. The number of piperazine rings is 1. The van der Waals surface area contributed by atoms with E-state index in [0.29, 0.717) is 38.0 Å². The number of aromatic nitrogens is 2. The molecule has 2 aliphatic heterocycles. The normalized spacial score (nSPS) is 19.0. The zero-order valence-electron chi connectivity index (χ0n) is 26.1. The minimum Gasteiger partial charge on any atom is -0.496 e. The molecule has 44 heavy (non-hydrogen) atoms. The third-order valence-electron chi connectivity index (χ3n) is 8.94. The molecule has 10 heteroatoms. The van der Waals surface area contributed by atoms with E-state index in [2.05, 4.69) is 37.4 Å². The highest BCUT2D eigenvalue weighted by atomic mass is 16.5. The molecule has 3 aromatic rings. The second-order valence-corrected chi connectivity index (χ2v) is 12.7. The van der Waals surface area contributed by atoms with Gasteiger partial charge in [0.05, 0.1) is 19.2 Å². The SMILES string of the molecule is COc1cc(CN(C(=O)[C@@H]2CCCN(c3cccc(OC(C)(C)C(=O)N4CCNCC4)c3)C2)C2CC2)ccc1-c1cn[nH]c1. The first kappa shape index (κ1) is 30.0. The molecule has 1 aliphatic carbocycles. The molecule has 1 aromatic heterocycles. The Morgan fingerprint density at radius 1 is 1.07 bits per heavy atom. The van der Waals surface area contributed by atoms with E-state index in [-0.39, 0.29) is 17.7 Å². The Bertz CT molecular complexity index is 1450. The Morgan fingerprint density at radius 3 is 2.61 bits per heavy atom. The Hall–Kier alpha value is -4.05. The second-order valence-electron chi connectivity index (χ2n) is 12.7. The number of amides is 2. The van der Waals surface area contributed by atoms with Crippen LogP contribution in [0.1, 0.15) is 45.1 Å². The standard InChI is InChI=1S/C34H44N6O4/c1-34(2,33(42)38-16-13-35-14-17-38)44-29-8-4-7-28(19-29)39-15-5-6-25(23-39)32(41)40(27-10-11-27)22-24-9-12-30(31(18-24)43-3)26-20-36-37-21-26/h4,7-9,12,18-21,25,27,35H,5-6,10-11,13-17,22-23H2,1-3H3,(H,36,37)/t25-/m1/s1. The first-order valence-corrected chi connectivity index (χ1v) is 15.8. The number of rotatable bonds is 10. The molecule has 3 fully saturated rings. The van der Waals surface area contributed by atoms with Crippen molar-refractivity contribution < 1.29 is 19.1 Å². The number of hydrogen-bond donors (Lipinski definition) is 2. The molecule has 0 radical (unpaired) electrons. The summed E-state index contributed by atoms with van der Waals surface area (Å²) >= 11 is 0. The summed E-state index contributed by atoms with van der Waals surface area (Å²) in [7, 11) is 1.68.